The van der Waals surface area contributed by atoms with Crippen LogP contribution in [0.4, 0.5) is 0 Å². The lowest BCUT2D eigenvalue weighted by molar-refractivity contribution is -0.137. The second-order valence-electron chi connectivity index (χ2n) is 4.13. The second kappa shape index (κ2) is 6.78. The van der Waals surface area contributed by atoms with E-state index >= 15 is 0 Å². The summed E-state index contributed by atoms with van der Waals surface area (Å²) >= 11 is 1.80. The first-order chi connectivity index (χ1) is 7.63. The SMILES string of the molecule is CSC1CCCC1NC(=O)CCCC(=O)O. The topological polar surface area (TPSA) is 66.4 Å². The summed E-state index contributed by atoms with van der Waals surface area (Å²) in [6, 6.07) is 0.285. The molecule has 2 atom stereocenters. The Morgan fingerprint density at radius 1 is 1.38 bits per heavy atom. The zero-order chi connectivity index (χ0) is 12.0. The molecule has 1 amide bonds. The second-order valence-corrected chi connectivity index (χ2v) is 5.20. The summed E-state index contributed by atoms with van der Waals surface area (Å²) in [5.74, 6) is -0.845. The Bertz CT molecular complexity index is 258. The van der Waals surface area contributed by atoms with E-state index < -0.39 is 5.97 Å². The first kappa shape index (κ1) is 13.4. The first-order valence-corrected chi connectivity index (χ1v) is 6.96. The van der Waals surface area contributed by atoms with E-state index in [0.29, 0.717) is 18.1 Å². The van der Waals surface area contributed by atoms with Crippen LogP contribution < -0.4 is 5.32 Å². The third-order valence-corrected chi connectivity index (χ3v) is 4.07. The third kappa shape index (κ3) is 4.43. The van der Waals surface area contributed by atoms with Crippen molar-refractivity contribution in [1.82, 2.24) is 5.32 Å². The maximum atomic E-state index is 11.5. The quantitative estimate of drug-likeness (QED) is 0.746. The molecule has 2 unspecified atom stereocenters. The van der Waals surface area contributed by atoms with Crippen molar-refractivity contribution in [2.75, 3.05) is 6.26 Å². The molecule has 1 fully saturated rings. The van der Waals surface area contributed by atoms with Gasteiger partial charge in [-0.25, -0.2) is 0 Å². The van der Waals surface area contributed by atoms with Crippen molar-refractivity contribution in [3.8, 4) is 0 Å². The summed E-state index contributed by atoms with van der Waals surface area (Å²) in [5.41, 5.74) is 0. The molecule has 1 rings (SSSR count). The number of amides is 1. The number of carboxylic acid groups (broad SMARTS) is 1. The van der Waals surface area contributed by atoms with Gasteiger partial charge in [0.15, 0.2) is 0 Å². The fourth-order valence-electron chi connectivity index (χ4n) is 2.05. The fraction of sp³-hybridized carbons (Fsp3) is 0.818. The highest BCUT2D eigenvalue weighted by Gasteiger charge is 2.27. The van der Waals surface area contributed by atoms with Crippen molar-refractivity contribution in [2.24, 2.45) is 0 Å². The molecule has 1 aliphatic rings. The van der Waals surface area contributed by atoms with Crippen molar-refractivity contribution >= 4 is 23.6 Å². The first-order valence-electron chi connectivity index (χ1n) is 5.67. The molecule has 1 saturated carbocycles. The van der Waals surface area contributed by atoms with Crippen molar-refractivity contribution in [1.29, 1.82) is 0 Å². The molecule has 0 heterocycles. The Balaban J connectivity index is 2.20. The van der Waals surface area contributed by atoms with Gasteiger partial charge in [0, 0.05) is 24.1 Å². The lowest BCUT2D eigenvalue weighted by Gasteiger charge is -2.18. The van der Waals surface area contributed by atoms with Gasteiger partial charge in [0.1, 0.15) is 0 Å². The molecular formula is C11H19NO3S. The molecule has 5 heteroatoms. The number of aliphatic carboxylic acids is 1. The molecule has 92 valence electrons. The van der Waals surface area contributed by atoms with Crippen LogP contribution in [-0.4, -0.2) is 34.5 Å². The number of carboxylic acids is 1. The molecule has 0 aromatic rings. The van der Waals surface area contributed by atoms with Gasteiger partial charge in [0.2, 0.25) is 5.91 Å². The summed E-state index contributed by atoms with van der Waals surface area (Å²) < 4.78 is 0. The van der Waals surface area contributed by atoms with E-state index in [1.165, 1.54) is 12.8 Å². The maximum absolute atomic E-state index is 11.5. The van der Waals surface area contributed by atoms with Gasteiger partial charge in [-0.2, -0.15) is 11.8 Å². The third-order valence-electron chi connectivity index (χ3n) is 2.90. The average molecular weight is 245 g/mol. The van der Waals surface area contributed by atoms with E-state index in [0.717, 1.165) is 6.42 Å². The normalized spacial score (nSPS) is 24.3. The van der Waals surface area contributed by atoms with E-state index in [9.17, 15) is 9.59 Å². The van der Waals surface area contributed by atoms with Gasteiger partial charge in [-0.3, -0.25) is 9.59 Å². The van der Waals surface area contributed by atoms with Gasteiger partial charge in [-0.1, -0.05) is 6.42 Å². The van der Waals surface area contributed by atoms with E-state index in [4.69, 9.17) is 5.11 Å². The number of hydrogen-bond donors (Lipinski definition) is 2. The minimum atomic E-state index is -0.837. The monoisotopic (exact) mass is 245 g/mol. The lowest BCUT2D eigenvalue weighted by Crippen LogP contribution is -2.38. The fourth-order valence-corrected chi connectivity index (χ4v) is 2.99. The van der Waals surface area contributed by atoms with E-state index in [2.05, 4.69) is 11.6 Å². The van der Waals surface area contributed by atoms with Crippen LogP contribution in [0.2, 0.25) is 0 Å². The number of carbonyl (C=O) groups excluding carboxylic acids is 1. The van der Waals surface area contributed by atoms with Crippen LogP contribution in [0.3, 0.4) is 0 Å². The van der Waals surface area contributed by atoms with Crippen molar-refractivity contribution < 1.29 is 14.7 Å². The van der Waals surface area contributed by atoms with Crippen LogP contribution in [0.1, 0.15) is 38.5 Å². The largest absolute Gasteiger partial charge is 0.481 e. The zero-order valence-corrected chi connectivity index (χ0v) is 10.4. The van der Waals surface area contributed by atoms with Gasteiger partial charge < -0.3 is 10.4 Å². The molecule has 1 aliphatic carbocycles. The summed E-state index contributed by atoms with van der Waals surface area (Å²) in [6.07, 6.45) is 6.29. The number of nitrogens with one attached hydrogen (secondary N) is 1. The highest BCUT2D eigenvalue weighted by molar-refractivity contribution is 7.99. The van der Waals surface area contributed by atoms with Crippen LogP contribution in [0, 0.1) is 0 Å². The van der Waals surface area contributed by atoms with Crippen molar-refractivity contribution in [3.63, 3.8) is 0 Å². The van der Waals surface area contributed by atoms with Gasteiger partial charge in [-0.05, 0) is 25.5 Å². The summed E-state index contributed by atoms with van der Waals surface area (Å²) in [7, 11) is 0. The number of rotatable bonds is 6. The number of hydrogen-bond acceptors (Lipinski definition) is 3. The predicted octanol–water partition coefficient (Wildman–Crippen LogP) is 1.64. The lowest BCUT2D eigenvalue weighted by atomic mass is 10.2. The number of carbonyl (C=O) groups is 2. The Labute approximate surface area is 100 Å². The molecule has 16 heavy (non-hydrogen) atoms. The molecule has 0 bridgehead atoms. The molecular weight excluding hydrogens is 226 g/mol. The number of thioether (sulfide) groups is 1. The molecule has 0 radical (unpaired) electrons. The van der Waals surface area contributed by atoms with Crippen LogP contribution in [-0.2, 0) is 9.59 Å². The molecule has 0 saturated heterocycles. The molecule has 4 nitrogen and oxygen atoms in total. The van der Waals surface area contributed by atoms with Gasteiger partial charge >= 0.3 is 5.97 Å². The zero-order valence-electron chi connectivity index (χ0n) is 9.57. The Morgan fingerprint density at radius 2 is 2.12 bits per heavy atom. The summed E-state index contributed by atoms with van der Waals surface area (Å²) in [4.78, 5) is 21.8. The van der Waals surface area contributed by atoms with Crippen molar-refractivity contribution in [2.45, 2.75) is 49.8 Å². The van der Waals surface area contributed by atoms with Crippen LogP contribution in [0.15, 0.2) is 0 Å². The van der Waals surface area contributed by atoms with Gasteiger partial charge in [0.05, 0.1) is 0 Å². The minimum Gasteiger partial charge on any atom is -0.481 e. The highest BCUT2D eigenvalue weighted by Crippen LogP contribution is 2.28. The Morgan fingerprint density at radius 3 is 2.75 bits per heavy atom. The van der Waals surface area contributed by atoms with E-state index in [1.54, 1.807) is 11.8 Å². The Hall–Kier alpha value is -0.710. The summed E-state index contributed by atoms with van der Waals surface area (Å²) in [5, 5.41) is 12.0. The van der Waals surface area contributed by atoms with Gasteiger partial charge in [0.25, 0.3) is 0 Å². The molecule has 0 aromatic heterocycles. The summed E-state index contributed by atoms with van der Waals surface area (Å²) in [6.45, 7) is 0. The van der Waals surface area contributed by atoms with Crippen LogP contribution >= 0.6 is 11.8 Å². The van der Waals surface area contributed by atoms with Crippen molar-refractivity contribution in [3.05, 3.63) is 0 Å². The molecule has 0 aromatic carbocycles. The predicted molar refractivity (Wildman–Crippen MR) is 64.6 cm³/mol. The molecule has 2 N–H and O–H groups in total. The maximum Gasteiger partial charge on any atom is 0.303 e. The van der Waals surface area contributed by atoms with Gasteiger partial charge in [-0.15, -0.1) is 0 Å². The molecule has 0 aliphatic heterocycles. The minimum absolute atomic E-state index is 0.00722. The average Bonchev–Trinajstić information content (AvgIpc) is 2.64. The molecule has 0 spiro atoms. The van der Waals surface area contributed by atoms with E-state index in [1.807, 2.05) is 0 Å². The van der Waals surface area contributed by atoms with Crippen LogP contribution in [0.25, 0.3) is 0 Å². The smallest absolute Gasteiger partial charge is 0.303 e. The highest BCUT2D eigenvalue weighted by atomic mass is 32.2. The van der Waals surface area contributed by atoms with Crippen LogP contribution in [0.5, 0.6) is 0 Å². The standard InChI is InChI=1S/C11H19NO3S/c1-16-9-5-2-4-8(9)12-10(13)6-3-7-11(14)15/h8-9H,2-7H2,1H3,(H,12,13)(H,14,15). The van der Waals surface area contributed by atoms with E-state index in [-0.39, 0.29) is 18.4 Å². The Kier molecular flexibility index (Phi) is 5.66.